The van der Waals surface area contributed by atoms with Gasteiger partial charge in [0, 0.05) is 26.3 Å². The van der Waals surface area contributed by atoms with Gasteiger partial charge in [-0.05, 0) is 18.2 Å². The van der Waals surface area contributed by atoms with Crippen LogP contribution in [-0.4, -0.2) is 37.8 Å². The van der Waals surface area contributed by atoms with Gasteiger partial charge in [0.25, 0.3) is 10.0 Å². The van der Waals surface area contributed by atoms with Crippen LogP contribution in [0.2, 0.25) is 0 Å². The van der Waals surface area contributed by atoms with Gasteiger partial charge in [0.15, 0.2) is 5.03 Å². The molecule has 0 saturated carbocycles. The van der Waals surface area contributed by atoms with E-state index in [2.05, 4.69) is 16.9 Å². The second-order valence-corrected chi connectivity index (χ2v) is 5.85. The third-order valence-electron chi connectivity index (χ3n) is 2.44. The average Bonchev–Trinajstić information content (AvgIpc) is 2.37. The Morgan fingerprint density at radius 3 is 2.72 bits per heavy atom. The molecule has 0 fully saturated rings. The van der Waals surface area contributed by atoms with Gasteiger partial charge in [-0.2, -0.15) is 4.31 Å². The fourth-order valence-corrected chi connectivity index (χ4v) is 2.42. The first-order valence-electron chi connectivity index (χ1n) is 5.75. The zero-order chi connectivity index (χ0) is 13.6. The number of likely N-dealkylation sites (N-methyl/N-ethyl adjacent to an activating group) is 1. The average molecular weight is 269 g/mol. The van der Waals surface area contributed by atoms with E-state index in [-0.39, 0.29) is 11.6 Å². The van der Waals surface area contributed by atoms with Crippen molar-refractivity contribution in [3.05, 3.63) is 36.5 Å². The van der Waals surface area contributed by atoms with Crippen molar-refractivity contribution in [3.63, 3.8) is 0 Å². The highest BCUT2D eigenvalue weighted by Gasteiger charge is 2.20. The Balaban J connectivity index is 2.87. The first-order chi connectivity index (χ1) is 8.52. The van der Waals surface area contributed by atoms with Gasteiger partial charge in [0.2, 0.25) is 0 Å². The van der Waals surface area contributed by atoms with E-state index in [1.807, 2.05) is 6.92 Å². The minimum Gasteiger partial charge on any atom is -0.313 e. The minimum atomic E-state index is -3.51. The predicted octanol–water partition coefficient (Wildman–Crippen LogP) is 0.998. The zero-order valence-electron chi connectivity index (χ0n) is 10.8. The maximum Gasteiger partial charge on any atom is 0.260 e. The molecule has 0 aromatic carbocycles. The highest BCUT2D eigenvalue weighted by molar-refractivity contribution is 7.89. The Kier molecular flexibility index (Phi) is 5.46. The fraction of sp³-hybridized carbons (Fsp3) is 0.417. The van der Waals surface area contributed by atoms with Crippen LogP contribution in [0.5, 0.6) is 0 Å². The molecule has 0 bridgehead atoms. The van der Waals surface area contributed by atoms with Crippen molar-refractivity contribution in [2.75, 3.05) is 20.1 Å². The summed E-state index contributed by atoms with van der Waals surface area (Å²) >= 11 is 0. The molecule has 0 amide bonds. The van der Waals surface area contributed by atoms with Crippen LogP contribution in [0.25, 0.3) is 0 Å². The Morgan fingerprint density at radius 2 is 2.22 bits per heavy atom. The second kappa shape index (κ2) is 6.63. The third kappa shape index (κ3) is 3.63. The van der Waals surface area contributed by atoms with Crippen LogP contribution in [0.3, 0.4) is 0 Å². The maximum absolute atomic E-state index is 12.0. The molecule has 0 aliphatic rings. The third-order valence-corrected chi connectivity index (χ3v) is 4.18. The van der Waals surface area contributed by atoms with Crippen molar-refractivity contribution in [1.29, 1.82) is 0 Å². The fourth-order valence-electron chi connectivity index (χ4n) is 1.38. The van der Waals surface area contributed by atoms with Gasteiger partial charge in [0.1, 0.15) is 0 Å². The zero-order valence-corrected chi connectivity index (χ0v) is 11.6. The van der Waals surface area contributed by atoms with Crippen LogP contribution in [0.15, 0.2) is 36.0 Å². The van der Waals surface area contributed by atoms with E-state index >= 15 is 0 Å². The number of nitrogens with one attached hydrogen (secondary N) is 1. The lowest BCUT2D eigenvalue weighted by atomic mass is 10.3. The molecule has 18 heavy (non-hydrogen) atoms. The van der Waals surface area contributed by atoms with Gasteiger partial charge in [-0.1, -0.05) is 19.1 Å². The molecule has 1 aromatic rings. The number of rotatable bonds is 7. The van der Waals surface area contributed by atoms with Gasteiger partial charge >= 0.3 is 0 Å². The lowest BCUT2D eigenvalue weighted by Gasteiger charge is -2.14. The summed E-state index contributed by atoms with van der Waals surface area (Å²) in [6.07, 6.45) is 3.12. The molecule has 0 unspecified atom stereocenters. The SMILES string of the molecule is C=CCN(C)S(=O)(=O)c1ccc(CNCC)cn1. The Labute approximate surface area is 109 Å². The molecule has 0 saturated heterocycles. The number of aromatic nitrogens is 1. The van der Waals surface area contributed by atoms with Crippen LogP contribution in [0, 0.1) is 0 Å². The molecule has 1 heterocycles. The second-order valence-electron chi connectivity index (χ2n) is 3.86. The first kappa shape index (κ1) is 14.8. The summed E-state index contributed by atoms with van der Waals surface area (Å²) in [5.41, 5.74) is 0.960. The van der Waals surface area contributed by atoms with Gasteiger partial charge in [0.05, 0.1) is 0 Å². The molecule has 0 radical (unpaired) electrons. The van der Waals surface area contributed by atoms with Crippen LogP contribution in [0.1, 0.15) is 12.5 Å². The van der Waals surface area contributed by atoms with Gasteiger partial charge in [-0.25, -0.2) is 13.4 Å². The lowest BCUT2D eigenvalue weighted by molar-refractivity contribution is 0.496. The standard InChI is InChI=1S/C12H19N3O2S/c1-4-8-15(3)18(16,17)12-7-6-11(10-14-12)9-13-5-2/h4,6-7,10,13H,1,5,8-9H2,2-3H3. The van der Waals surface area contributed by atoms with Crippen molar-refractivity contribution in [2.24, 2.45) is 0 Å². The molecule has 0 spiro atoms. The largest absolute Gasteiger partial charge is 0.313 e. The number of nitrogens with zero attached hydrogens (tertiary/aromatic N) is 2. The van der Waals surface area contributed by atoms with E-state index < -0.39 is 10.0 Å². The van der Waals surface area contributed by atoms with Gasteiger partial charge in [-0.3, -0.25) is 0 Å². The Morgan fingerprint density at radius 1 is 1.50 bits per heavy atom. The molecule has 5 nitrogen and oxygen atoms in total. The summed E-state index contributed by atoms with van der Waals surface area (Å²) in [5.74, 6) is 0. The summed E-state index contributed by atoms with van der Waals surface area (Å²) in [5, 5.41) is 3.21. The van der Waals surface area contributed by atoms with Crippen LogP contribution in [0.4, 0.5) is 0 Å². The smallest absolute Gasteiger partial charge is 0.260 e. The van der Waals surface area contributed by atoms with Gasteiger partial charge < -0.3 is 5.32 Å². The summed E-state index contributed by atoms with van der Waals surface area (Å²) in [6.45, 7) is 7.35. The summed E-state index contributed by atoms with van der Waals surface area (Å²) in [4.78, 5) is 4.00. The summed E-state index contributed by atoms with van der Waals surface area (Å²) < 4.78 is 25.3. The quantitative estimate of drug-likeness (QED) is 0.750. The van der Waals surface area contributed by atoms with E-state index in [1.54, 1.807) is 12.3 Å². The minimum absolute atomic E-state index is 0.0621. The molecular formula is C12H19N3O2S. The maximum atomic E-state index is 12.0. The molecule has 1 rings (SSSR count). The van der Waals surface area contributed by atoms with Crippen molar-refractivity contribution in [2.45, 2.75) is 18.5 Å². The summed E-state index contributed by atoms with van der Waals surface area (Å²) in [6, 6.07) is 3.30. The lowest BCUT2D eigenvalue weighted by Crippen LogP contribution is -2.27. The van der Waals surface area contributed by atoms with Crippen molar-refractivity contribution < 1.29 is 8.42 Å². The Bertz CT molecular complexity index is 483. The van der Waals surface area contributed by atoms with E-state index in [4.69, 9.17) is 0 Å². The molecular weight excluding hydrogens is 250 g/mol. The predicted molar refractivity (Wildman–Crippen MR) is 71.6 cm³/mol. The molecule has 0 aliphatic heterocycles. The number of pyridine rings is 1. The van der Waals surface area contributed by atoms with Crippen molar-refractivity contribution in [1.82, 2.24) is 14.6 Å². The van der Waals surface area contributed by atoms with Crippen molar-refractivity contribution in [3.8, 4) is 0 Å². The van der Waals surface area contributed by atoms with Crippen molar-refractivity contribution >= 4 is 10.0 Å². The molecule has 0 aliphatic carbocycles. The molecule has 100 valence electrons. The number of hydrogen-bond acceptors (Lipinski definition) is 4. The molecule has 6 heteroatoms. The van der Waals surface area contributed by atoms with Crippen LogP contribution < -0.4 is 5.32 Å². The monoisotopic (exact) mass is 269 g/mol. The van der Waals surface area contributed by atoms with E-state index in [0.29, 0.717) is 6.54 Å². The topological polar surface area (TPSA) is 62.3 Å². The van der Waals surface area contributed by atoms with E-state index in [1.165, 1.54) is 23.5 Å². The highest BCUT2D eigenvalue weighted by Crippen LogP contribution is 2.11. The number of hydrogen-bond donors (Lipinski definition) is 1. The first-order valence-corrected chi connectivity index (χ1v) is 7.19. The summed E-state index contributed by atoms with van der Waals surface area (Å²) in [7, 11) is -2.00. The molecule has 0 atom stereocenters. The highest BCUT2D eigenvalue weighted by atomic mass is 32.2. The van der Waals surface area contributed by atoms with E-state index in [9.17, 15) is 8.42 Å². The number of sulfonamides is 1. The van der Waals surface area contributed by atoms with Gasteiger partial charge in [-0.15, -0.1) is 6.58 Å². The molecule has 1 aromatic heterocycles. The van der Waals surface area contributed by atoms with Crippen LogP contribution in [-0.2, 0) is 16.6 Å². The normalized spacial score (nSPS) is 11.7. The Hall–Kier alpha value is -1.24. The van der Waals surface area contributed by atoms with Crippen LogP contribution >= 0.6 is 0 Å². The molecule has 1 N–H and O–H groups in total. The van der Waals surface area contributed by atoms with E-state index in [0.717, 1.165) is 12.1 Å².